The minimum absolute atomic E-state index is 0.0426. The van der Waals surface area contributed by atoms with Crippen LogP contribution in [0.5, 0.6) is 11.5 Å². The number of benzene rings is 1. The van der Waals surface area contributed by atoms with E-state index >= 15 is 0 Å². The Kier molecular flexibility index (Phi) is 4.87. The molecule has 0 spiro atoms. The molecule has 0 radical (unpaired) electrons. The summed E-state index contributed by atoms with van der Waals surface area (Å²) in [5.41, 5.74) is -0.442. The lowest BCUT2D eigenvalue weighted by atomic mass is 10.3. The average molecular weight is 315 g/mol. The lowest BCUT2D eigenvalue weighted by molar-refractivity contribution is 0.271. The van der Waals surface area contributed by atoms with Crippen LogP contribution in [0.15, 0.2) is 35.3 Å². The number of rotatable bonds is 5. The van der Waals surface area contributed by atoms with Crippen molar-refractivity contribution in [3.8, 4) is 11.5 Å². The fourth-order valence-electron chi connectivity index (χ4n) is 1.58. The molecule has 106 valence electrons. The Morgan fingerprint density at radius 3 is 2.65 bits per heavy atom. The Balaban J connectivity index is 2.03. The highest BCUT2D eigenvalue weighted by Crippen LogP contribution is 2.25. The van der Waals surface area contributed by atoms with Crippen molar-refractivity contribution in [2.45, 2.75) is 6.54 Å². The third-order valence-corrected chi connectivity index (χ3v) is 3.32. The number of aromatic nitrogens is 2. The SMILES string of the molecule is COc1ccccc1OCCn1ncc(Cl)c(Cl)c1=O. The van der Waals surface area contributed by atoms with Crippen molar-refractivity contribution in [2.24, 2.45) is 0 Å². The van der Waals surface area contributed by atoms with Gasteiger partial charge in [0, 0.05) is 0 Å². The number of methoxy groups -OCH3 is 1. The number of para-hydroxylation sites is 2. The summed E-state index contributed by atoms with van der Waals surface area (Å²) in [5, 5.41) is 3.98. The van der Waals surface area contributed by atoms with Crippen LogP contribution in [0.2, 0.25) is 10.0 Å². The Morgan fingerprint density at radius 1 is 1.25 bits per heavy atom. The second-order valence-corrected chi connectivity index (χ2v) is 4.62. The molecule has 0 fully saturated rings. The van der Waals surface area contributed by atoms with Crippen LogP contribution in [0.25, 0.3) is 0 Å². The molecule has 7 heteroatoms. The molecular formula is C13H12Cl2N2O3. The molecule has 1 heterocycles. The molecule has 0 aliphatic heterocycles. The quantitative estimate of drug-likeness (QED) is 0.851. The molecule has 2 aromatic rings. The third kappa shape index (κ3) is 3.23. The molecule has 5 nitrogen and oxygen atoms in total. The number of hydrogen-bond acceptors (Lipinski definition) is 4. The first-order chi connectivity index (χ1) is 9.63. The normalized spacial score (nSPS) is 10.3. The molecule has 1 aromatic heterocycles. The van der Waals surface area contributed by atoms with Crippen LogP contribution in [-0.2, 0) is 6.54 Å². The summed E-state index contributed by atoms with van der Waals surface area (Å²) in [6.45, 7) is 0.513. The van der Waals surface area contributed by atoms with Crippen molar-refractivity contribution in [1.29, 1.82) is 0 Å². The van der Waals surface area contributed by atoms with Gasteiger partial charge in [-0.1, -0.05) is 35.3 Å². The van der Waals surface area contributed by atoms with E-state index in [4.69, 9.17) is 32.7 Å². The summed E-state index contributed by atoms with van der Waals surface area (Å²) in [6, 6.07) is 7.25. The zero-order valence-corrected chi connectivity index (χ0v) is 12.2. The van der Waals surface area contributed by atoms with Gasteiger partial charge in [0.25, 0.3) is 5.56 Å². The van der Waals surface area contributed by atoms with Crippen LogP contribution < -0.4 is 15.0 Å². The summed E-state index contributed by atoms with van der Waals surface area (Å²) in [6.07, 6.45) is 1.33. The average Bonchev–Trinajstić information content (AvgIpc) is 2.47. The zero-order chi connectivity index (χ0) is 14.5. The first-order valence-corrected chi connectivity index (χ1v) is 6.56. The van der Waals surface area contributed by atoms with Crippen LogP contribution >= 0.6 is 23.2 Å². The fraction of sp³-hybridized carbons (Fsp3) is 0.231. The first-order valence-electron chi connectivity index (χ1n) is 5.80. The molecule has 0 bridgehead atoms. The van der Waals surface area contributed by atoms with Gasteiger partial charge in [-0.25, -0.2) is 4.68 Å². The smallest absolute Gasteiger partial charge is 0.287 e. The summed E-state index contributed by atoms with van der Waals surface area (Å²) < 4.78 is 11.9. The zero-order valence-electron chi connectivity index (χ0n) is 10.7. The maximum atomic E-state index is 11.8. The highest BCUT2D eigenvalue weighted by Gasteiger charge is 2.08. The lowest BCUT2D eigenvalue weighted by Crippen LogP contribution is -2.26. The van der Waals surface area contributed by atoms with Crippen molar-refractivity contribution < 1.29 is 9.47 Å². The van der Waals surface area contributed by atoms with Gasteiger partial charge >= 0.3 is 0 Å². The molecule has 0 unspecified atom stereocenters. The van der Waals surface area contributed by atoms with Gasteiger partial charge in [0.1, 0.15) is 11.6 Å². The van der Waals surface area contributed by atoms with E-state index in [1.807, 2.05) is 12.1 Å². The minimum Gasteiger partial charge on any atom is -0.493 e. The Hall–Kier alpha value is -1.72. The van der Waals surface area contributed by atoms with E-state index in [1.165, 1.54) is 10.9 Å². The molecule has 0 saturated carbocycles. The van der Waals surface area contributed by atoms with Gasteiger partial charge in [-0.15, -0.1) is 0 Å². The molecule has 0 atom stereocenters. The van der Waals surface area contributed by atoms with E-state index in [0.29, 0.717) is 11.5 Å². The van der Waals surface area contributed by atoms with Crippen molar-refractivity contribution >= 4 is 23.2 Å². The number of ether oxygens (including phenoxy) is 2. The highest BCUT2D eigenvalue weighted by molar-refractivity contribution is 6.41. The van der Waals surface area contributed by atoms with Crippen molar-refractivity contribution in [3.05, 3.63) is 50.9 Å². The molecule has 0 aliphatic carbocycles. The van der Waals surface area contributed by atoms with Crippen LogP contribution in [-0.4, -0.2) is 23.5 Å². The standard InChI is InChI=1S/C13H12Cl2N2O3/c1-19-10-4-2-3-5-11(10)20-7-6-17-13(18)12(15)9(14)8-16-17/h2-5,8H,6-7H2,1H3. The van der Waals surface area contributed by atoms with Gasteiger partial charge in [0.15, 0.2) is 11.5 Å². The Bertz CT molecular complexity index is 658. The predicted molar refractivity (Wildman–Crippen MR) is 77.0 cm³/mol. The van der Waals surface area contributed by atoms with E-state index in [2.05, 4.69) is 5.10 Å². The molecule has 0 N–H and O–H groups in total. The second kappa shape index (κ2) is 6.63. The molecule has 0 aliphatic rings. The van der Waals surface area contributed by atoms with Crippen LogP contribution in [0, 0.1) is 0 Å². The predicted octanol–water partition coefficient (Wildman–Crippen LogP) is 2.64. The highest BCUT2D eigenvalue weighted by atomic mass is 35.5. The van der Waals surface area contributed by atoms with Crippen LogP contribution in [0.4, 0.5) is 0 Å². The maximum absolute atomic E-state index is 11.8. The minimum atomic E-state index is -0.442. The fourth-order valence-corrected chi connectivity index (χ4v) is 1.86. The summed E-state index contributed by atoms with van der Waals surface area (Å²) >= 11 is 11.5. The summed E-state index contributed by atoms with van der Waals surface area (Å²) in [5.74, 6) is 1.23. The number of nitrogens with zero attached hydrogens (tertiary/aromatic N) is 2. The molecule has 20 heavy (non-hydrogen) atoms. The van der Waals surface area contributed by atoms with Crippen LogP contribution in [0.3, 0.4) is 0 Å². The van der Waals surface area contributed by atoms with Gasteiger partial charge in [0.2, 0.25) is 0 Å². The van der Waals surface area contributed by atoms with Crippen LogP contribution in [0.1, 0.15) is 0 Å². The number of hydrogen-bond donors (Lipinski definition) is 0. The molecule has 2 rings (SSSR count). The van der Waals surface area contributed by atoms with Crippen molar-refractivity contribution in [2.75, 3.05) is 13.7 Å². The molecule has 1 aromatic carbocycles. The van der Waals surface area contributed by atoms with Gasteiger partial charge < -0.3 is 9.47 Å². The molecular weight excluding hydrogens is 303 g/mol. The van der Waals surface area contributed by atoms with E-state index in [9.17, 15) is 4.79 Å². The van der Waals surface area contributed by atoms with Gasteiger partial charge in [-0.05, 0) is 12.1 Å². The third-order valence-electron chi connectivity index (χ3n) is 2.57. The van der Waals surface area contributed by atoms with Crippen molar-refractivity contribution in [3.63, 3.8) is 0 Å². The van der Waals surface area contributed by atoms with E-state index in [-0.39, 0.29) is 23.2 Å². The number of halogens is 2. The Labute approximate surface area is 125 Å². The largest absolute Gasteiger partial charge is 0.493 e. The van der Waals surface area contributed by atoms with Gasteiger partial charge in [-0.3, -0.25) is 4.79 Å². The summed E-state index contributed by atoms with van der Waals surface area (Å²) in [4.78, 5) is 11.8. The van der Waals surface area contributed by atoms with Gasteiger partial charge in [0.05, 0.1) is 24.9 Å². The van der Waals surface area contributed by atoms with Crippen molar-refractivity contribution in [1.82, 2.24) is 9.78 Å². The Morgan fingerprint density at radius 2 is 1.95 bits per heavy atom. The monoisotopic (exact) mass is 314 g/mol. The summed E-state index contributed by atoms with van der Waals surface area (Å²) in [7, 11) is 1.56. The molecule has 0 amide bonds. The molecule has 0 saturated heterocycles. The topological polar surface area (TPSA) is 53.4 Å². The van der Waals surface area contributed by atoms with E-state index < -0.39 is 5.56 Å². The maximum Gasteiger partial charge on any atom is 0.287 e. The second-order valence-electron chi connectivity index (χ2n) is 3.83. The first kappa shape index (κ1) is 14.7. The van der Waals surface area contributed by atoms with E-state index in [0.717, 1.165) is 0 Å². The van der Waals surface area contributed by atoms with E-state index in [1.54, 1.807) is 19.2 Å². The van der Waals surface area contributed by atoms with Gasteiger partial charge in [-0.2, -0.15) is 5.10 Å². The lowest BCUT2D eigenvalue weighted by Gasteiger charge is -2.10.